The van der Waals surface area contributed by atoms with Crippen LogP contribution < -0.4 is 4.74 Å². The molecule has 4 heteroatoms. The van der Waals surface area contributed by atoms with Crippen LogP contribution in [0.3, 0.4) is 0 Å². The monoisotopic (exact) mass is 276 g/mol. The first-order valence-corrected chi connectivity index (χ1v) is 7.07. The molecule has 0 saturated carbocycles. The lowest BCUT2D eigenvalue weighted by Gasteiger charge is -2.38. The zero-order valence-corrected chi connectivity index (χ0v) is 12.3. The lowest BCUT2D eigenvalue weighted by molar-refractivity contribution is 0.0635. The third-order valence-corrected chi connectivity index (χ3v) is 3.86. The smallest absolute Gasteiger partial charge is 0.118 e. The number of likely N-dealkylation sites (N-methyl/N-ethyl adjacent to an activating group) is 1. The van der Waals surface area contributed by atoms with Gasteiger partial charge < -0.3 is 9.84 Å². The van der Waals surface area contributed by atoms with Crippen LogP contribution in [0, 0.1) is 0 Å². The highest BCUT2D eigenvalue weighted by atomic mass is 16.5. The molecule has 0 unspecified atom stereocenters. The molecule has 1 heterocycles. The number of methoxy groups -OCH3 is 1. The Hall–Kier alpha value is -1.36. The Balaban J connectivity index is 1.83. The summed E-state index contributed by atoms with van der Waals surface area (Å²) in [4.78, 5) is 4.60. The molecule has 1 N–H and O–H groups in total. The number of nitrogens with zero attached hydrogens (tertiary/aromatic N) is 2. The Bertz CT molecular complexity index is 431. The Labute approximate surface area is 121 Å². The average Bonchev–Trinajstić information content (AvgIpc) is 2.49. The molecule has 0 spiro atoms. The first-order valence-electron chi connectivity index (χ1n) is 7.07. The molecular formula is C16H24N2O2. The highest BCUT2D eigenvalue weighted by Crippen LogP contribution is 2.12. The second-order valence-electron chi connectivity index (χ2n) is 5.25. The standard InChI is InChI=1S/C16H24N2O2/c1-17-10-11-18(12-15(17)13-19)9-3-4-14-5-7-16(20-2)8-6-14/h3-8,15,19H,9-13H2,1-2H3/b4-3+/t15-/m0/s1. The second-order valence-corrected chi connectivity index (χ2v) is 5.25. The van der Waals surface area contributed by atoms with E-state index in [9.17, 15) is 5.11 Å². The SMILES string of the molecule is COc1ccc(/C=C/CN2CCN(C)[C@H](CO)C2)cc1. The maximum atomic E-state index is 9.33. The van der Waals surface area contributed by atoms with Crippen molar-refractivity contribution in [3.05, 3.63) is 35.9 Å². The number of aliphatic hydroxyl groups is 1. The molecule has 1 fully saturated rings. The molecule has 2 rings (SSSR count). The van der Waals surface area contributed by atoms with Crippen LogP contribution in [-0.4, -0.2) is 67.9 Å². The first kappa shape index (κ1) is 15.0. The van der Waals surface area contributed by atoms with Crippen LogP contribution in [0.25, 0.3) is 6.08 Å². The van der Waals surface area contributed by atoms with Gasteiger partial charge in [-0.3, -0.25) is 9.80 Å². The largest absolute Gasteiger partial charge is 0.497 e. The van der Waals surface area contributed by atoms with Crippen LogP contribution >= 0.6 is 0 Å². The quantitative estimate of drug-likeness (QED) is 0.880. The summed E-state index contributed by atoms with van der Waals surface area (Å²) >= 11 is 0. The third kappa shape index (κ3) is 4.07. The van der Waals surface area contributed by atoms with Gasteiger partial charge in [-0.15, -0.1) is 0 Å². The van der Waals surface area contributed by atoms with Gasteiger partial charge in [0.2, 0.25) is 0 Å². The van der Waals surface area contributed by atoms with Gasteiger partial charge >= 0.3 is 0 Å². The van der Waals surface area contributed by atoms with Crippen molar-refractivity contribution in [3.63, 3.8) is 0 Å². The molecule has 1 aliphatic rings. The lowest BCUT2D eigenvalue weighted by atomic mass is 10.1. The minimum absolute atomic E-state index is 0.231. The summed E-state index contributed by atoms with van der Waals surface area (Å²) in [5.41, 5.74) is 1.18. The van der Waals surface area contributed by atoms with Crippen LogP contribution in [0.15, 0.2) is 30.3 Å². The van der Waals surface area contributed by atoms with Gasteiger partial charge in [0.1, 0.15) is 5.75 Å². The van der Waals surface area contributed by atoms with Crippen LogP contribution in [0.5, 0.6) is 5.75 Å². The molecule has 110 valence electrons. The summed E-state index contributed by atoms with van der Waals surface area (Å²) in [6.07, 6.45) is 4.31. The van der Waals surface area contributed by atoms with Crippen molar-refractivity contribution in [2.24, 2.45) is 0 Å². The van der Waals surface area contributed by atoms with Gasteiger partial charge in [0, 0.05) is 32.2 Å². The normalized spacial score (nSPS) is 21.4. The Kier molecular flexibility index (Phi) is 5.59. The molecule has 4 nitrogen and oxygen atoms in total. The molecule has 0 aliphatic carbocycles. The summed E-state index contributed by atoms with van der Waals surface area (Å²) in [7, 11) is 3.75. The third-order valence-electron chi connectivity index (χ3n) is 3.86. The highest BCUT2D eigenvalue weighted by Gasteiger charge is 2.22. The van der Waals surface area contributed by atoms with Gasteiger partial charge in [0.25, 0.3) is 0 Å². The van der Waals surface area contributed by atoms with E-state index in [2.05, 4.69) is 41.1 Å². The summed E-state index contributed by atoms with van der Waals surface area (Å²) in [5, 5.41) is 9.33. The van der Waals surface area contributed by atoms with Gasteiger partial charge in [-0.2, -0.15) is 0 Å². The van der Waals surface area contributed by atoms with E-state index in [1.165, 1.54) is 5.56 Å². The molecule has 0 radical (unpaired) electrons. The second kappa shape index (κ2) is 7.43. The molecule has 1 saturated heterocycles. The van der Waals surface area contributed by atoms with E-state index in [4.69, 9.17) is 4.74 Å². The van der Waals surface area contributed by atoms with E-state index < -0.39 is 0 Å². The van der Waals surface area contributed by atoms with E-state index in [0.717, 1.165) is 31.9 Å². The van der Waals surface area contributed by atoms with Crippen molar-refractivity contribution in [3.8, 4) is 5.75 Å². The number of aliphatic hydroxyl groups excluding tert-OH is 1. The van der Waals surface area contributed by atoms with Gasteiger partial charge in [-0.1, -0.05) is 24.3 Å². The van der Waals surface area contributed by atoms with Gasteiger partial charge in [-0.05, 0) is 24.7 Å². The fraction of sp³-hybridized carbons (Fsp3) is 0.500. The van der Waals surface area contributed by atoms with Crippen LogP contribution in [0.4, 0.5) is 0 Å². The zero-order chi connectivity index (χ0) is 14.4. The molecule has 0 bridgehead atoms. The van der Waals surface area contributed by atoms with Crippen molar-refractivity contribution in [1.82, 2.24) is 9.80 Å². The molecule has 1 aliphatic heterocycles. The van der Waals surface area contributed by atoms with E-state index in [1.54, 1.807) is 7.11 Å². The zero-order valence-electron chi connectivity index (χ0n) is 12.3. The van der Waals surface area contributed by atoms with Gasteiger partial charge in [-0.25, -0.2) is 0 Å². The van der Waals surface area contributed by atoms with Crippen LogP contribution in [-0.2, 0) is 0 Å². The average molecular weight is 276 g/mol. The van der Waals surface area contributed by atoms with Crippen molar-refractivity contribution >= 4 is 6.08 Å². The minimum Gasteiger partial charge on any atom is -0.497 e. The summed E-state index contributed by atoms with van der Waals surface area (Å²) in [6, 6.07) is 8.30. The van der Waals surface area contributed by atoms with Crippen molar-refractivity contribution in [2.45, 2.75) is 6.04 Å². The van der Waals surface area contributed by atoms with E-state index in [1.807, 2.05) is 12.1 Å². The predicted octanol–water partition coefficient (Wildman–Crippen LogP) is 1.32. The van der Waals surface area contributed by atoms with Crippen molar-refractivity contribution in [2.75, 3.05) is 46.9 Å². The first-order chi connectivity index (χ1) is 9.72. The molecule has 0 aromatic heterocycles. The van der Waals surface area contributed by atoms with Gasteiger partial charge in [0.15, 0.2) is 0 Å². The predicted molar refractivity (Wildman–Crippen MR) is 82.0 cm³/mol. The topological polar surface area (TPSA) is 35.9 Å². The fourth-order valence-corrected chi connectivity index (χ4v) is 2.43. The number of ether oxygens (including phenoxy) is 1. The summed E-state index contributed by atoms with van der Waals surface area (Å²) in [5.74, 6) is 0.881. The minimum atomic E-state index is 0.231. The van der Waals surface area contributed by atoms with Crippen LogP contribution in [0.2, 0.25) is 0 Å². The van der Waals surface area contributed by atoms with Crippen LogP contribution in [0.1, 0.15) is 5.56 Å². The molecule has 1 aromatic rings. The Morgan fingerprint density at radius 2 is 2.05 bits per heavy atom. The summed E-state index contributed by atoms with van der Waals surface area (Å²) in [6.45, 7) is 4.16. The number of hydrogen-bond donors (Lipinski definition) is 1. The highest BCUT2D eigenvalue weighted by molar-refractivity contribution is 5.50. The molecule has 0 amide bonds. The number of hydrogen-bond acceptors (Lipinski definition) is 4. The Morgan fingerprint density at radius 1 is 1.30 bits per heavy atom. The number of rotatable bonds is 5. The van der Waals surface area contributed by atoms with Gasteiger partial charge in [0.05, 0.1) is 13.7 Å². The van der Waals surface area contributed by atoms with E-state index in [-0.39, 0.29) is 12.6 Å². The van der Waals surface area contributed by atoms with Crippen molar-refractivity contribution < 1.29 is 9.84 Å². The molecular weight excluding hydrogens is 252 g/mol. The molecule has 20 heavy (non-hydrogen) atoms. The molecule has 1 atom stereocenters. The maximum absolute atomic E-state index is 9.33. The number of benzene rings is 1. The van der Waals surface area contributed by atoms with E-state index >= 15 is 0 Å². The fourth-order valence-electron chi connectivity index (χ4n) is 2.43. The van der Waals surface area contributed by atoms with Crippen molar-refractivity contribution in [1.29, 1.82) is 0 Å². The summed E-state index contributed by atoms with van der Waals surface area (Å²) < 4.78 is 5.14. The molecule has 1 aromatic carbocycles. The van der Waals surface area contributed by atoms with E-state index in [0.29, 0.717) is 0 Å². The lowest BCUT2D eigenvalue weighted by Crippen LogP contribution is -2.52. The number of piperazine rings is 1. The Morgan fingerprint density at radius 3 is 2.70 bits per heavy atom. The maximum Gasteiger partial charge on any atom is 0.118 e.